The third-order valence-corrected chi connectivity index (χ3v) is 3.43. The molecule has 0 aliphatic carbocycles. The van der Waals surface area contributed by atoms with Gasteiger partial charge < -0.3 is 4.74 Å². The van der Waals surface area contributed by atoms with E-state index < -0.39 is 17.4 Å². The zero-order valence-electron chi connectivity index (χ0n) is 12.2. The third-order valence-electron chi connectivity index (χ3n) is 3.12. The molecule has 0 aliphatic rings. The molecule has 0 spiro atoms. The van der Waals surface area contributed by atoms with E-state index in [-0.39, 0.29) is 11.3 Å². The van der Waals surface area contributed by atoms with E-state index in [9.17, 15) is 8.78 Å². The molecule has 0 fully saturated rings. The summed E-state index contributed by atoms with van der Waals surface area (Å²) in [4.78, 5) is 0. The van der Waals surface area contributed by atoms with Crippen molar-refractivity contribution in [3.8, 4) is 11.5 Å². The summed E-state index contributed by atoms with van der Waals surface area (Å²) in [5.41, 5.74) is 1.06. The highest BCUT2D eigenvalue weighted by Gasteiger charge is 2.21. The van der Waals surface area contributed by atoms with E-state index in [1.165, 1.54) is 12.1 Å². The molecule has 2 aromatic rings. The highest BCUT2D eigenvalue weighted by atomic mass is 35.5. The average molecular weight is 311 g/mol. The van der Waals surface area contributed by atoms with Crippen molar-refractivity contribution >= 4 is 11.6 Å². The summed E-state index contributed by atoms with van der Waals surface area (Å²) in [5.74, 6) is -1.42. The van der Waals surface area contributed by atoms with Crippen LogP contribution in [-0.4, -0.2) is 0 Å². The van der Waals surface area contributed by atoms with E-state index in [1.807, 2.05) is 32.9 Å². The quantitative estimate of drug-likeness (QED) is 0.652. The molecule has 0 saturated heterocycles. The summed E-state index contributed by atoms with van der Waals surface area (Å²) in [7, 11) is 0. The van der Waals surface area contributed by atoms with Crippen LogP contribution in [0.1, 0.15) is 31.9 Å². The molecule has 2 rings (SSSR count). The second-order valence-corrected chi connectivity index (χ2v) is 6.14. The summed E-state index contributed by atoms with van der Waals surface area (Å²) in [6, 6.07) is 9.60. The Kier molecular flexibility index (Phi) is 4.52. The molecule has 0 atom stereocenters. The number of ether oxygens (including phenoxy) is 1. The fourth-order valence-corrected chi connectivity index (χ4v) is 2.23. The molecular weight excluding hydrogens is 294 g/mol. The van der Waals surface area contributed by atoms with E-state index >= 15 is 0 Å². The lowest BCUT2D eigenvalue weighted by Gasteiger charge is -2.22. The van der Waals surface area contributed by atoms with E-state index in [4.69, 9.17) is 16.3 Å². The molecule has 0 N–H and O–H groups in total. The molecule has 21 heavy (non-hydrogen) atoms. The van der Waals surface area contributed by atoms with Gasteiger partial charge in [0.15, 0.2) is 17.4 Å². The SMILES string of the molecule is CC(C)(C)c1ccccc1Oc1c(F)cc(CCl)cc1F. The largest absolute Gasteiger partial charge is 0.451 e. The van der Waals surface area contributed by atoms with Gasteiger partial charge in [0.2, 0.25) is 0 Å². The topological polar surface area (TPSA) is 9.23 Å². The number of alkyl halides is 1. The molecule has 0 unspecified atom stereocenters. The van der Waals surface area contributed by atoms with Crippen LogP contribution in [0, 0.1) is 11.6 Å². The molecule has 0 saturated carbocycles. The Bertz CT molecular complexity index is 624. The van der Waals surface area contributed by atoms with Crippen LogP contribution in [-0.2, 0) is 11.3 Å². The molecule has 112 valence electrons. The Balaban J connectivity index is 2.44. The maximum absolute atomic E-state index is 14.0. The smallest absolute Gasteiger partial charge is 0.198 e. The summed E-state index contributed by atoms with van der Waals surface area (Å²) in [5, 5.41) is 0. The lowest BCUT2D eigenvalue weighted by Crippen LogP contribution is -2.12. The lowest BCUT2D eigenvalue weighted by molar-refractivity contribution is 0.395. The Labute approximate surface area is 128 Å². The van der Waals surface area contributed by atoms with Crippen LogP contribution in [0.25, 0.3) is 0 Å². The van der Waals surface area contributed by atoms with Gasteiger partial charge in [-0.15, -0.1) is 11.6 Å². The van der Waals surface area contributed by atoms with E-state index in [0.29, 0.717) is 11.3 Å². The van der Waals surface area contributed by atoms with Gasteiger partial charge in [-0.2, -0.15) is 0 Å². The van der Waals surface area contributed by atoms with Gasteiger partial charge in [0.1, 0.15) is 5.75 Å². The molecule has 0 radical (unpaired) electrons. The van der Waals surface area contributed by atoms with Crippen molar-refractivity contribution in [1.29, 1.82) is 0 Å². The van der Waals surface area contributed by atoms with Crippen molar-refractivity contribution in [3.63, 3.8) is 0 Å². The maximum atomic E-state index is 14.0. The molecule has 0 heterocycles. The molecule has 1 nitrogen and oxygen atoms in total. The number of hydrogen-bond donors (Lipinski definition) is 0. The van der Waals surface area contributed by atoms with Crippen LogP contribution >= 0.6 is 11.6 Å². The summed E-state index contributed by atoms with van der Waals surface area (Å²) < 4.78 is 33.5. The minimum atomic E-state index is -0.755. The molecule has 2 aromatic carbocycles. The van der Waals surface area contributed by atoms with Gasteiger partial charge in [-0.05, 0) is 29.2 Å². The number of halogens is 3. The first-order valence-electron chi connectivity index (χ1n) is 6.64. The van der Waals surface area contributed by atoms with E-state index in [0.717, 1.165) is 5.56 Å². The van der Waals surface area contributed by atoms with Crippen molar-refractivity contribution in [2.24, 2.45) is 0 Å². The number of para-hydroxylation sites is 1. The van der Waals surface area contributed by atoms with Gasteiger partial charge in [-0.1, -0.05) is 39.0 Å². The molecule has 0 aliphatic heterocycles. The first-order chi connectivity index (χ1) is 9.82. The van der Waals surface area contributed by atoms with Gasteiger partial charge >= 0.3 is 0 Å². The second-order valence-electron chi connectivity index (χ2n) is 5.87. The summed E-state index contributed by atoms with van der Waals surface area (Å²) in [6.07, 6.45) is 0. The third kappa shape index (κ3) is 3.53. The molecule has 0 bridgehead atoms. The Hall–Kier alpha value is -1.61. The summed E-state index contributed by atoms with van der Waals surface area (Å²) in [6.45, 7) is 6.04. The predicted molar refractivity (Wildman–Crippen MR) is 81.1 cm³/mol. The van der Waals surface area contributed by atoms with Crippen LogP contribution in [0.5, 0.6) is 11.5 Å². The highest BCUT2D eigenvalue weighted by molar-refractivity contribution is 6.17. The monoisotopic (exact) mass is 310 g/mol. The van der Waals surface area contributed by atoms with Gasteiger partial charge in [0, 0.05) is 11.4 Å². The minimum absolute atomic E-state index is 0.0483. The first-order valence-corrected chi connectivity index (χ1v) is 7.17. The fraction of sp³-hybridized carbons (Fsp3) is 0.294. The lowest BCUT2D eigenvalue weighted by atomic mass is 9.86. The zero-order chi connectivity index (χ0) is 15.6. The van der Waals surface area contributed by atoms with Crippen LogP contribution in [0.2, 0.25) is 0 Å². The molecule has 0 amide bonds. The standard InChI is InChI=1S/C17H17ClF2O/c1-17(2,3)12-6-4-5-7-15(12)21-16-13(19)8-11(10-18)9-14(16)20/h4-9H,10H2,1-3H3. The number of rotatable bonds is 3. The fourth-order valence-electron chi connectivity index (χ4n) is 2.07. The van der Waals surface area contributed by atoms with Crippen molar-refractivity contribution in [1.82, 2.24) is 0 Å². The van der Waals surface area contributed by atoms with Gasteiger partial charge in [0.25, 0.3) is 0 Å². The van der Waals surface area contributed by atoms with Gasteiger partial charge in [0.05, 0.1) is 0 Å². The Morgan fingerprint density at radius 3 is 2.14 bits per heavy atom. The van der Waals surface area contributed by atoms with Gasteiger partial charge in [-0.25, -0.2) is 8.78 Å². The van der Waals surface area contributed by atoms with Gasteiger partial charge in [-0.3, -0.25) is 0 Å². The Morgan fingerprint density at radius 1 is 1.05 bits per heavy atom. The van der Waals surface area contributed by atoms with Crippen LogP contribution in [0.15, 0.2) is 36.4 Å². The summed E-state index contributed by atoms with van der Waals surface area (Å²) >= 11 is 5.59. The van der Waals surface area contributed by atoms with Crippen molar-refractivity contribution in [2.45, 2.75) is 32.1 Å². The van der Waals surface area contributed by atoms with Crippen LogP contribution in [0.4, 0.5) is 8.78 Å². The highest BCUT2D eigenvalue weighted by Crippen LogP contribution is 2.36. The number of hydrogen-bond acceptors (Lipinski definition) is 1. The minimum Gasteiger partial charge on any atom is -0.451 e. The zero-order valence-corrected chi connectivity index (χ0v) is 13.0. The number of benzene rings is 2. The second kappa shape index (κ2) is 6.02. The van der Waals surface area contributed by atoms with E-state index in [2.05, 4.69) is 0 Å². The van der Waals surface area contributed by atoms with Crippen molar-refractivity contribution < 1.29 is 13.5 Å². The first kappa shape index (κ1) is 15.8. The molecule has 4 heteroatoms. The van der Waals surface area contributed by atoms with Crippen molar-refractivity contribution in [2.75, 3.05) is 0 Å². The van der Waals surface area contributed by atoms with Crippen LogP contribution < -0.4 is 4.74 Å². The predicted octanol–water partition coefficient (Wildman–Crippen LogP) is 5.79. The van der Waals surface area contributed by atoms with Crippen molar-refractivity contribution in [3.05, 3.63) is 59.2 Å². The molecular formula is C17H17ClF2O. The normalized spacial score (nSPS) is 11.5. The van der Waals surface area contributed by atoms with Crippen LogP contribution in [0.3, 0.4) is 0 Å². The Morgan fingerprint density at radius 2 is 1.62 bits per heavy atom. The average Bonchev–Trinajstić information content (AvgIpc) is 2.42. The molecule has 0 aromatic heterocycles. The van der Waals surface area contributed by atoms with E-state index in [1.54, 1.807) is 12.1 Å². The maximum Gasteiger partial charge on any atom is 0.198 e.